The minimum Gasteiger partial charge on any atom is -0.458 e. The molecule has 2 aromatic carbocycles. The van der Waals surface area contributed by atoms with Crippen LogP contribution in [-0.2, 0) is 20.9 Å². The molecule has 2 aromatic rings. The maximum Gasteiger partial charge on any atom is 0.387 e. The molecule has 0 bridgehead atoms. The summed E-state index contributed by atoms with van der Waals surface area (Å²) < 4.78 is 35.5. The number of ether oxygens (including phenoxy) is 2. The number of benzene rings is 2. The summed E-state index contributed by atoms with van der Waals surface area (Å²) in [5, 5.41) is 0. The van der Waals surface area contributed by atoms with Crippen LogP contribution in [0.15, 0.2) is 48.5 Å². The third-order valence-corrected chi connectivity index (χ3v) is 6.09. The van der Waals surface area contributed by atoms with E-state index in [9.17, 15) is 23.2 Å². The standard InChI is InChI=1S/C23H20F2N2O5/c24-22(25)32-18-8-4-1-5-14(18)13-31-21(30)23-12-11-19(28)27(23)17-7-3-2-6-16(17)20(29)26(23)15-9-10-15/h1-8,15,22H,9-13H2. The van der Waals surface area contributed by atoms with Crippen LogP contribution in [-0.4, -0.2) is 41.0 Å². The summed E-state index contributed by atoms with van der Waals surface area (Å²) in [5.74, 6) is -1.44. The van der Waals surface area contributed by atoms with Gasteiger partial charge in [-0.05, 0) is 31.0 Å². The Labute approximate surface area is 182 Å². The van der Waals surface area contributed by atoms with E-state index in [0.29, 0.717) is 11.3 Å². The zero-order chi connectivity index (χ0) is 22.5. The summed E-state index contributed by atoms with van der Waals surface area (Å²) in [5.41, 5.74) is -0.569. The van der Waals surface area contributed by atoms with Gasteiger partial charge in [0.15, 0.2) is 0 Å². The molecule has 2 heterocycles. The van der Waals surface area contributed by atoms with Gasteiger partial charge in [0.25, 0.3) is 5.91 Å². The lowest BCUT2D eigenvalue weighted by molar-refractivity contribution is -0.159. The third kappa shape index (κ3) is 3.11. The molecular formula is C23H20F2N2O5. The van der Waals surface area contributed by atoms with E-state index < -0.39 is 18.2 Å². The Hall–Kier alpha value is -3.49. The summed E-state index contributed by atoms with van der Waals surface area (Å²) in [6, 6.07) is 12.6. The molecule has 32 heavy (non-hydrogen) atoms. The van der Waals surface area contributed by atoms with Crippen LogP contribution in [0, 0.1) is 0 Å². The quantitative estimate of drug-likeness (QED) is 0.641. The fourth-order valence-corrected chi connectivity index (χ4v) is 4.61. The number of amides is 2. The highest BCUT2D eigenvalue weighted by Crippen LogP contribution is 2.49. The van der Waals surface area contributed by atoms with Gasteiger partial charge in [-0.25, -0.2) is 4.79 Å². The van der Waals surface area contributed by atoms with Gasteiger partial charge in [-0.1, -0.05) is 30.3 Å². The second-order valence-corrected chi connectivity index (χ2v) is 8.03. The van der Waals surface area contributed by atoms with Crippen molar-refractivity contribution in [3.8, 4) is 5.75 Å². The number of hydrogen-bond donors (Lipinski definition) is 0. The number of halogens is 2. The number of hydrogen-bond acceptors (Lipinski definition) is 5. The van der Waals surface area contributed by atoms with Crippen LogP contribution in [0.25, 0.3) is 0 Å². The van der Waals surface area contributed by atoms with E-state index in [1.165, 1.54) is 28.0 Å². The molecule has 5 rings (SSSR count). The van der Waals surface area contributed by atoms with Crippen molar-refractivity contribution >= 4 is 23.5 Å². The van der Waals surface area contributed by atoms with E-state index in [0.717, 1.165) is 12.8 Å². The fourth-order valence-electron chi connectivity index (χ4n) is 4.61. The fraction of sp³-hybridized carbons (Fsp3) is 0.348. The molecule has 1 saturated heterocycles. The molecule has 2 amide bonds. The molecule has 1 atom stereocenters. The first-order valence-electron chi connectivity index (χ1n) is 10.4. The molecular weight excluding hydrogens is 422 g/mol. The van der Waals surface area contributed by atoms with Crippen LogP contribution < -0.4 is 9.64 Å². The monoisotopic (exact) mass is 442 g/mol. The molecule has 9 heteroatoms. The number of para-hydroxylation sites is 2. The van der Waals surface area contributed by atoms with Gasteiger partial charge >= 0.3 is 12.6 Å². The van der Waals surface area contributed by atoms with Crippen LogP contribution in [0.5, 0.6) is 5.75 Å². The van der Waals surface area contributed by atoms with Gasteiger partial charge in [-0.15, -0.1) is 0 Å². The maximum atomic E-state index is 13.6. The van der Waals surface area contributed by atoms with E-state index >= 15 is 0 Å². The van der Waals surface area contributed by atoms with Crippen molar-refractivity contribution < 1.29 is 32.6 Å². The molecule has 0 aromatic heterocycles. The normalized spacial score (nSPS) is 22.1. The van der Waals surface area contributed by atoms with Gasteiger partial charge in [0.1, 0.15) is 12.4 Å². The molecule has 0 N–H and O–H groups in total. The first kappa shape index (κ1) is 20.4. The maximum absolute atomic E-state index is 13.6. The highest BCUT2D eigenvalue weighted by atomic mass is 19.3. The van der Waals surface area contributed by atoms with Crippen molar-refractivity contribution in [3.05, 3.63) is 59.7 Å². The minimum absolute atomic E-state index is 0.0883. The SMILES string of the molecule is O=C1CCC2(C(=O)OCc3ccccc3OC(F)F)N1c1ccccc1C(=O)N2C1CC1. The Morgan fingerprint density at radius 2 is 1.81 bits per heavy atom. The van der Waals surface area contributed by atoms with Crippen LogP contribution in [0.4, 0.5) is 14.5 Å². The Morgan fingerprint density at radius 3 is 2.56 bits per heavy atom. The predicted molar refractivity (Wildman–Crippen MR) is 108 cm³/mol. The molecule has 3 aliphatic rings. The lowest BCUT2D eigenvalue weighted by Gasteiger charge is -2.48. The molecule has 166 valence electrons. The summed E-state index contributed by atoms with van der Waals surface area (Å²) in [6.07, 6.45) is 1.66. The first-order chi connectivity index (χ1) is 15.4. The Morgan fingerprint density at radius 1 is 1.09 bits per heavy atom. The summed E-state index contributed by atoms with van der Waals surface area (Å²) in [7, 11) is 0. The number of alkyl halides is 2. The number of anilines is 1. The summed E-state index contributed by atoms with van der Waals surface area (Å²) in [4.78, 5) is 42.7. The first-order valence-corrected chi connectivity index (χ1v) is 10.4. The molecule has 2 aliphatic heterocycles. The van der Waals surface area contributed by atoms with Crippen LogP contribution in [0.3, 0.4) is 0 Å². The van der Waals surface area contributed by atoms with E-state index in [4.69, 9.17) is 4.74 Å². The van der Waals surface area contributed by atoms with Crippen LogP contribution in [0.1, 0.15) is 41.6 Å². The lowest BCUT2D eigenvalue weighted by atomic mass is 9.96. The van der Waals surface area contributed by atoms with Gasteiger partial charge in [0, 0.05) is 24.4 Å². The molecule has 0 radical (unpaired) electrons. The van der Waals surface area contributed by atoms with Gasteiger partial charge in [0.2, 0.25) is 11.6 Å². The van der Waals surface area contributed by atoms with Gasteiger partial charge in [0.05, 0.1) is 11.3 Å². The Bertz CT molecular complexity index is 1100. The van der Waals surface area contributed by atoms with Crippen molar-refractivity contribution in [3.63, 3.8) is 0 Å². The smallest absolute Gasteiger partial charge is 0.387 e. The number of rotatable bonds is 6. The van der Waals surface area contributed by atoms with E-state index in [1.807, 2.05) is 0 Å². The Balaban J connectivity index is 1.50. The lowest BCUT2D eigenvalue weighted by Crippen LogP contribution is -2.69. The number of carbonyl (C=O) groups is 3. The minimum atomic E-state index is -3.02. The second kappa shape index (κ2) is 7.58. The van der Waals surface area contributed by atoms with Crippen molar-refractivity contribution in [1.82, 2.24) is 4.90 Å². The predicted octanol–water partition coefficient (Wildman–Crippen LogP) is 3.47. The van der Waals surface area contributed by atoms with Gasteiger partial charge in [-0.2, -0.15) is 8.78 Å². The van der Waals surface area contributed by atoms with Crippen molar-refractivity contribution in [1.29, 1.82) is 0 Å². The summed E-state index contributed by atoms with van der Waals surface area (Å²) >= 11 is 0. The van der Waals surface area contributed by atoms with Crippen molar-refractivity contribution in [2.75, 3.05) is 4.90 Å². The second-order valence-electron chi connectivity index (χ2n) is 8.03. The highest BCUT2D eigenvalue weighted by molar-refractivity contribution is 6.15. The number of esters is 1. The van der Waals surface area contributed by atoms with Crippen molar-refractivity contribution in [2.24, 2.45) is 0 Å². The average molecular weight is 442 g/mol. The number of fused-ring (bicyclic) bond motifs is 3. The number of carbonyl (C=O) groups excluding carboxylic acids is 3. The van der Waals surface area contributed by atoms with Crippen LogP contribution >= 0.6 is 0 Å². The zero-order valence-electron chi connectivity index (χ0n) is 17.0. The highest BCUT2D eigenvalue weighted by Gasteiger charge is 2.64. The van der Waals surface area contributed by atoms with Gasteiger partial charge in [-0.3, -0.25) is 14.5 Å². The molecule has 0 spiro atoms. The molecule has 7 nitrogen and oxygen atoms in total. The van der Waals surface area contributed by atoms with E-state index in [2.05, 4.69) is 4.74 Å². The molecule has 2 fully saturated rings. The average Bonchev–Trinajstić information content (AvgIpc) is 3.55. The molecule has 1 unspecified atom stereocenters. The largest absolute Gasteiger partial charge is 0.458 e. The topological polar surface area (TPSA) is 76.2 Å². The number of nitrogens with zero attached hydrogens (tertiary/aromatic N) is 2. The molecule has 1 saturated carbocycles. The summed E-state index contributed by atoms with van der Waals surface area (Å²) in [6.45, 7) is -3.36. The molecule has 1 aliphatic carbocycles. The Kier molecular flexibility index (Phi) is 4.83. The van der Waals surface area contributed by atoms with Crippen molar-refractivity contribution in [2.45, 2.75) is 50.6 Å². The zero-order valence-corrected chi connectivity index (χ0v) is 17.0. The van der Waals surface area contributed by atoms with Crippen LogP contribution in [0.2, 0.25) is 0 Å². The van der Waals surface area contributed by atoms with E-state index in [1.54, 1.807) is 30.3 Å². The van der Waals surface area contributed by atoms with E-state index in [-0.39, 0.29) is 48.6 Å². The third-order valence-electron chi connectivity index (χ3n) is 6.09. The van der Waals surface area contributed by atoms with Gasteiger partial charge < -0.3 is 14.4 Å².